The quantitative estimate of drug-likeness (QED) is 0.362. The summed E-state index contributed by atoms with van der Waals surface area (Å²) in [6.45, 7) is 7.18. The zero-order valence-electron chi connectivity index (χ0n) is 21.0. The number of hydrogen-bond donors (Lipinski definition) is 2. The number of carbonyl (C=O) groups is 1. The van der Waals surface area contributed by atoms with Gasteiger partial charge >= 0.3 is 0 Å². The molecule has 5 rings (SSSR count). The molecule has 5 nitrogen and oxygen atoms in total. The molecule has 2 unspecified atom stereocenters. The number of aromatic amines is 1. The van der Waals surface area contributed by atoms with Gasteiger partial charge in [-0.25, -0.2) is 0 Å². The Morgan fingerprint density at radius 3 is 2.54 bits per heavy atom. The molecule has 3 aromatic carbocycles. The van der Waals surface area contributed by atoms with E-state index in [1.54, 1.807) is 0 Å². The summed E-state index contributed by atoms with van der Waals surface area (Å²) >= 11 is 0. The van der Waals surface area contributed by atoms with Crippen LogP contribution in [-0.4, -0.2) is 35.1 Å². The van der Waals surface area contributed by atoms with Crippen molar-refractivity contribution in [2.45, 2.75) is 38.6 Å². The second-order valence-corrected chi connectivity index (χ2v) is 10.2. The lowest BCUT2D eigenvalue weighted by Crippen LogP contribution is -2.36. The van der Waals surface area contributed by atoms with E-state index in [0.29, 0.717) is 0 Å². The maximum Gasteiger partial charge on any atom is 0.235 e. The molecule has 0 radical (unpaired) electrons. The zero-order chi connectivity index (χ0) is 24.7. The minimum Gasteiger partial charge on any atom is -0.325 e. The highest BCUT2D eigenvalue weighted by atomic mass is 16.2. The van der Waals surface area contributed by atoms with Crippen molar-refractivity contribution in [3.05, 3.63) is 94.2 Å². The standard InChI is InChI=1S/C30H32N4O/c1-19-6-14-27-25(16-19)30(3,29(35)31-27)20(2)23-12-13-24-26(32-33-28(24)17-23)15-11-21-7-9-22(10-8-21)18-34(4)5/h6-17,20H,18H2,1-5H3,(H,31,35)(H,32,33)/b15-11+. The van der Waals surface area contributed by atoms with Crippen LogP contribution in [0.1, 0.15) is 53.3 Å². The van der Waals surface area contributed by atoms with Crippen LogP contribution in [0.2, 0.25) is 0 Å². The number of aryl methyl sites for hydroxylation is 1. The van der Waals surface area contributed by atoms with Crippen molar-refractivity contribution in [3.8, 4) is 0 Å². The molecule has 178 valence electrons. The summed E-state index contributed by atoms with van der Waals surface area (Å²) in [4.78, 5) is 15.3. The molecule has 0 saturated heterocycles. The molecule has 2 atom stereocenters. The van der Waals surface area contributed by atoms with Crippen LogP contribution in [0.3, 0.4) is 0 Å². The lowest BCUT2D eigenvalue weighted by molar-refractivity contribution is -0.120. The predicted octanol–water partition coefficient (Wildman–Crippen LogP) is 6.12. The van der Waals surface area contributed by atoms with Gasteiger partial charge < -0.3 is 10.2 Å². The molecular weight excluding hydrogens is 432 g/mol. The molecule has 1 aromatic heterocycles. The van der Waals surface area contributed by atoms with E-state index < -0.39 is 5.41 Å². The lowest BCUT2D eigenvalue weighted by Gasteiger charge is -2.30. The fraction of sp³-hybridized carbons (Fsp3) is 0.267. The topological polar surface area (TPSA) is 61.0 Å². The summed E-state index contributed by atoms with van der Waals surface area (Å²) in [5, 5.41) is 11.9. The third-order valence-electron chi connectivity index (χ3n) is 7.35. The molecule has 0 saturated carbocycles. The van der Waals surface area contributed by atoms with Crippen molar-refractivity contribution in [2.24, 2.45) is 0 Å². The second-order valence-electron chi connectivity index (χ2n) is 10.2. The summed E-state index contributed by atoms with van der Waals surface area (Å²) in [7, 11) is 4.15. The Morgan fingerprint density at radius 2 is 1.80 bits per heavy atom. The van der Waals surface area contributed by atoms with Gasteiger partial charge in [-0.1, -0.05) is 67.1 Å². The molecule has 0 aliphatic carbocycles. The van der Waals surface area contributed by atoms with Gasteiger partial charge in [0.2, 0.25) is 5.91 Å². The molecule has 0 spiro atoms. The number of anilines is 1. The molecule has 4 aromatic rings. The summed E-state index contributed by atoms with van der Waals surface area (Å²) in [5.41, 5.74) is 7.94. The minimum absolute atomic E-state index is 0.00192. The number of nitrogens with one attached hydrogen (secondary N) is 2. The molecule has 35 heavy (non-hydrogen) atoms. The monoisotopic (exact) mass is 464 g/mol. The first kappa shape index (κ1) is 23.1. The fourth-order valence-corrected chi connectivity index (χ4v) is 5.06. The maximum atomic E-state index is 13.1. The second kappa shape index (κ2) is 8.82. The summed E-state index contributed by atoms with van der Waals surface area (Å²) < 4.78 is 0. The van der Waals surface area contributed by atoms with Gasteiger partial charge in [0.05, 0.1) is 16.6 Å². The summed E-state index contributed by atoms with van der Waals surface area (Å²) in [6.07, 6.45) is 4.14. The van der Waals surface area contributed by atoms with Crippen molar-refractivity contribution in [3.63, 3.8) is 0 Å². The van der Waals surface area contributed by atoms with Crippen molar-refractivity contribution in [1.29, 1.82) is 0 Å². The lowest BCUT2D eigenvalue weighted by atomic mass is 9.70. The first-order chi connectivity index (χ1) is 16.8. The van der Waals surface area contributed by atoms with Gasteiger partial charge in [0.15, 0.2) is 0 Å². The maximum absolute atomic E-state index is 13.1. The van der Waals surface area contributed by atoms with Gasteiger partial charge in [0.25, 0.3) is 0 Å². The van der Waals surface area contributed by atoms with E-state index >= 15 is 0 Å². The van der Waals surface area contributed by atoms with Crippen LogP contribution in [0.15, 0.2) is 60.7 Å². The largest absolute Gasteiger partial charge is 0.325 e. The van der Waals surface area contributed by atoms with Crippen LogP contribution in [0.25, 0.3) is 23.1 Å². The average Bonchev–Trinajstić information content (AvgIpc) is 3.36. The van der Waals surface area contributed by atoms with E-state index in [2.05, 4.69) is 103 Å². The first-order valence-electron chi connectivity index (χ1n) is 12.1. The van der Waals surface area contributed by atoms with Crippen LogP contribution < -0.4 is 5.32 Å². The van der Waals surface area contributed by atoms with Crippen LogP contribution in [0.5, 0.6) is 0 Å². The summed E-state index contributed by atoms with van der Waals surface area (Å²) in [6, 6.07) is 21.1. The van der Waals surface area contributed by atoms with Crippen molar-refractivity contribution < 1.29 is 4.79 Å². The first-order valence-corrected chi connectivity index (χ1v) is 12.1. The van der Waals surface area contributed by atoms with Crippen molar-refractivity contribution in [2.75, 3.05) is 19.4 Å². The fourth-order valence-electron chi connectivity index (χ4n) is 5.06. The molecule has 1 amide bonds. The smallest absolute Gasteiger partial charge is 0.235 e. The molecule has 2 heterocycles. The van der Waals surface area contributed by atoms with Gasteiger partial charge in [-0.2, -0.15) is 5.10 Å². The van der Waals surface area contributed by atoms with Crippen molar-refractivity contribution in [1.82, 2.24) is 15.1 Å². The molecule has 1 aliphatic rings. The van der Waals surface area contributed by atoms with E-state index in [0.717, 1.165) is 51.1 Å². The molecule has 5 heteroatoms. The average molecular weight is 465 g/mol. The molecular formula is C30H32N4O. The highest BCUT2D eigenvalue weighted by Gasteiger charge is 2.47. The SMILES string of the molecule is Cc1ccc2c(c1)C(C)(C(C)c1ccc3c(/C=C/c4ccc(CN(C)C)cc4)n[nH]c3c1)C(=O)N2. The number of benzene rings is 3. The van der Waals surface area contributed by atoms with Gasteiger partial charge in [-0.3, -0.25) is 9.89 Å². The predicted molar refractivity (Wildman–Crippen MR) is 144 cm³/mol. The number of rotatable bonds is 6. The third kappa shape index (κ3) is 4.17. The summed E-state index contributed by atoms with van der Waals surface area (Å²) in [5.74, 6) is 0.0495. The number of nitrogens with zero attached hydrogens (tertiary/aromatic N) is 2. The van der Waals surface area contributed by atoms with Gasteiger partial charge in [0.1, 0.15) is 0 Å². The third-order valence-corrected chi connectivity index (χ3v) is 7.35. The van der Waals surface area contributed by atoms with E-state index in [4.69, 9.17) is 0 Å². The van der Waals surface area contributed by atoms with E-state index in [9.17, 15) is 4.79 Å². The minimum atomic E-state index is -0.628. The number of H-pyrrole nitrogens is 1. The highest BCUT2D eigenvalue weighted by molar-refractivity contribution is 6.07. The zero-order valence-corrected chi connectivity index (χ0v) is 21.0. The Balaban J connectivity index is 1.41. The van der Waals surface area contributed by atoms with Crippen LogP contribution in [0, 0.1) is 6.92 Å². The van der Waals surface area contributed by atoms with Crippen LogP contribution >= 0.6 is 0 Å². The molecule has 2 N–H and O–H groups in total. The number of hydrogen-bond acceptors (Lipinski definition) is 3. The number of amides is 1. The van der Waals surface area contributed by atoms with E-state index in [1.807, 2.05) is 25.1 Å². The van der Waals surface area contributed by atoms with Gasteiger partial charge in [-0.15, -0.1) is 0 Å². The highest BCUT2D eigenvalue weighted by Crippen LogP contribution is 2.47. The number of carbonyl (C=O) groups excluding carboxylic acids is 1. The number of fused-ring (bicyclic) bond motifs is 2. The Kier molecular flexibility index (Phi) is 5.81. The molecule has 1 aliphatic heterocycles. The van der Waals surface area contributed by atoms with E-state index in [1.165, 1.54) is 5.56 Å². The Bertz CT molecular complexity index is 1430. The Morgan fingerprint density at radius 1 is 1.03 bits per heavy atom. The normalized spacial score (nSPS) is 18.4. The van der Waals surface area contributed by atoms with Crippen LogP contribution in [0.4, 0.5) is 5.69 Å². The molecule has 0 bridgehead atoms. The Hall–Kier alpha value is -3.70. The van der Waals surface area contributed by atoms with Crippen LogP contribution in [-0.2, 0) is 16.8 Å². The molecule has 0 fully saturated rings. The number of aromatic nitrogens is 2. The van der Waals surface area contributed by atoms with Crippen molar-refractivity contribution >= 4 is 34.6 Å². The van der Waals surface area contributed by atoms with E-state index in [-0.39, 0.29) is 11.8 Å². The Labute approximate surface area is 206 Å². The van der Waals surface area contributed by atoms with Gasteiger partial charge in [-0.05, 0) is 74.3 Å². The van der Waals surface area contributed by atoms with Gasteiger partial charge in [0, 0.05) is 17.6 Å².